The van der Waals surface area contributed by atoms with Gasteiger partial charge in [-0.2, -0.15) is 0 Å². The molecule has 0 bridgehead atoms. The molecule has 0 aliphatic carbocycles. The first-order valence-corrected chi connectivity index (χ1v) is 7.27. The molecule has 0 aromatic carbocycles. The average molecular weight is 293 g/mol. The molecule has 1 unspecified atom stereocenters. The molecular formula is C14H19N3O2S. The third-order valence-corrected chi connectivity index (χ3v) is 4.49. The van der Waals surface area contributed by atoms with Crippen LogP contribution >= 0.6 is 11.3 Å². The van der Waals surface area contributed by atoms with Gasteiger partial charge >= 0.3 is 5.69 Å². The van der Waals surface area contributed by atoms with E-state index in [0.717, 1.165) is 4.57 Å². The molecule has 0 spiro atoms. The molecule has 6 heteroatoms. The molecule has 5 nitrogen and oxygen atoms in total. The fraction of sp³-hybridized carbons (Fsp3) is 0.429. The Labute approximate surface area is 121 Å². The van der Waals surface area contributed by atoms with Gasteiger partial charge in [0.25, 0.3) is 5.56 Å². The Morgan fingerprint density at radius 1 is 1.30 bits per heavy atom. The molecule has 0 fully saturated rings. The highest BCUT2D eigenvalue weighted by Crippen LogP contribution is 2.22. The number of thiophene rings is 1. The summed E-state index contributed by atoms with van der Waals surface area (Å²) in [6.07, 6.45) is 1.60. The van der Waals surface area contributed by atoms with Gasteiger partial charge in [0.2, 0.25) is 0 Å². The lowest BCUT2D eigenvalue weighted by Gasteiger charge is -2.13. The number of aryl methyl sites for hydroxylation is 2. The Morgan fingerprint density at radius 2 is 2.00 bits per heavy atom. The summed E-state index contributed by atoms with van der Waals surface area (Å²) in [4.78, 5) is 26.1. The van der Waals surface area contributed by atoms with Gasteiger partial charge in [-0.1, -0.05) is 0 Å². The lowest BCUT2D eigenvalue weighted by Crippen LogP contribution is -2.39. The lowest BCUT2D eigenvalue weighted by atomic mass is 10.2. The van der Waals surface area contributed by atoms with E-state index in [1.165, 1.54) is 21.4 Å². The van der Waals surface area contributed by atoms with Crippen LogP contribution in [0, 0.1) is 6.92 Å². The van der Waals surface area contributed by atoms with E-state index in [-0.39, 0.29) is 17.3 Å². The first-order valence-electron chi connectivity index (χ1n) is 6.45. The summed E-state index contributed by atoms with van der Waals surface area (Å²) in [5.41, 5.74) is 0.0468. The van der Waals surface area contributed by atoms with Crippen molar-refractivity contribution in [3.05, 3.63) is 54.5 Å². The summed E-state index contributed by atoms with van der Waals surface area (Å²) in [6.45, 7) is 4.58. The predicted molar refractivity (Wildman–Crippen MR) is 81.2 cm³/mol. The van der Waals surface area contributed by atoms with Gasteiger partial charge in [0.05, 0.1) is 0 Å². The van der Waals surface area contributed by atoms with Gasteiger partial charge in [0.15, 0.2) is 0 Å². The number of rotatable bonds is 4. The van der Waals surface area contributed by atoms with Crippen LogP contribution in [0.3, 0.4) is 0 Å². The van der Waals surface area contributed by atoms with Gasteiger partial charge in [-0.3, -0.25) is 9.36 Å². The number of nitrogens with one attached hydrogen (secondary N) is 1. The Hall–Kier alpha value is -1.66. The zero-order chi connectivity index (χ0) is 14.9. The third-order valence-electron chi connectivity index (χ3n) is 3.30. The van der Waals surface area contributed by atoms with Crippen LogP contribution in [0.25, 0.3) is 0 Å². The smallest absolute Gasteiger partial charge is 0.305 e. The van der Waals surface area contributed by atoms with E-state index in [1.54, 1.807) is 24.6 Å². The summed E-state index contributed by atoms with van der Waals surface area (Å²) in [6, 6.07) is 4.36. The Morgan fingerprint density at radius 3 is 2.60 bits per heavy atom. The fourth-order valence-corrected chi connectivity index (χ4v) is 2.96. The van der Waals surface area contributed by atoms with Crippen molar-refractivity contribution < 1.29 is 0 Å². The van der Waals surface area contributed by atoms with Gasteiger partial charge < -0.3 is 9.88 Å². The van der Waals surface area contributed by atoms with Crippen molar-refractivity contribution in [2.75, 3.05) is 0 Å². The van der Waals surface area contributed by atoms with E-state index in [4.69, 9.17) is 0 Å². The van der Waals surface area contributed by atoms with Crippen LogP contribution in [-0.2, 0) is 20.6 Å². The minimum atomic E-state index is -0.305. The molecule has 2 aromatic heterocycles. The SMILES string of the molecule is Cc1ccc(C(C)NCc2cn(C)c(=O)n(C)c2=O)s1. The first-order chi connectivity index (χ1) is 9.40. The molecular weight excluding hydrogens is 274 g/mol. The van der Waals surface area contributed by atoms with Crippen molar-refractivity contribution in [2.45, 2.75) is 26.4 Å². The molecule has 2 heterocycles. The van der Waals surface area contributed by atoms with E-state index in [9.17, 15) is 9.59 Å². The van der Waals surface area contributed by atoms with Crippen LogP contribution in [0.5, 0.6) is 0 Å². The molecule has 20 heavy (non-hydrogen) atoms. The number of aromatic nitrogens is 2. The molecule has 0 aliphatic rings. The van der Waals surface area contributed by atoms with E-state index in [0.29, 0.717) is 12.1 Å². The van der Waals surface area contributed by atoms with Gasteiger partial charge in [-0.05, 0) is 26.0 Å². The summed E-state index contributed by atoms with van der Waals surface area (Å²) in [5.74, 6) is 0. The molecule has 0 amide bonds. The van der Waals surface area contributed by atoms with Crippen LogP contribution in [-0.4, -0.2) is 9.13 Å². The quantitative estimate of drug-likeness (QED) is 0.924. The van der Waals surface area contributed by atoms with Crippen LogP contribution < -0.4 is 16.6 Å². The van der Waals surface area contributed by atoms with Crippen LogP contribution in [0.15, 0.2) is 27.9 Å². The van der Waals surface area contributed by atoms with Gasteiger partial charge in [-0.15, -0.1) is 11.3 Å². The zero-order valence-corrected chi connectivity index (χ0v) is 13.0. The number of hydrogen-bond acceptors (Lipinski definition) is 4. The van der Waals surface area contributed by atoms with Crippen molar-refractivity contribution >= 4 is 11.3 Å². The second-order valence-corrected chi connectivity index (χ2v) is 6.28. The first kappa shape index (κ1) is 14.7. The van der Waals surface area contributed by atoms with Gasteiger partial charge in [0, 0.05) is 48.2 Å². The molecule has 0 saturated carbocycles. The normalized spacial score (nSPS) is 12.6. The zero-order valence-electron chi connectivity index (χ0n) is 12.1. The lowest BCUT2D eigenvalue weighted by molar-refractivity contribution is 0.565. The Balaban J connectivity index is 2.16. The standard InChI is InChI=1S/C14H19N3O2S/c1-9-5-6-12(20-9)10(2)15-7-11-8-16(3)14(19)17(4)13(11)18/h5-6,8,10,15H,7H2,1-4H3. The monoisotopic (exact) mass is 293 g/mol. The highest BCUT2D eigenvalue weighted by atomic mass is 32.1. The number of nitrogens with zero attached hydrogens (tertiary/aromatic N) is 2. The molecule has 2 rings (SSSR count). The highest BCUT2D eigenvalue weighted by molar-refractivity contribution is 7.12. The van der Waals surface area contributed by atoms with E-state index >= 15 is 0 Å². The summed E-state index contributed by atoms with van der Waals surface area (Å²) < 4.78 is 2.56. The summed E-state index contributed by atoms with van der Waals surface area (Å²) in [5, 5.41) is 3.32. The molecule has 2 aromatic rings. The maximum atomic E-state index is 12.0. The molecule has 0 saturated heterocycles. The van der Waals surface area contributed by atoms with E-state index < -0.39 is 0 Å². The van der Waals surface area contributed by atoms with Crippen molar-refractivity contribution in [1.29, 1.82) is 0 Å². The summed E-state index contributed by atoms with van der Waals surface area (Å²) in [7, 11) is 3.15. The largest absolute Gasteiger partial charge is 0.330 e. The molecule has 0 radical (unpaired) electrons. The minimum absolute atomic E-state index is 0.177. The van der Waals surface area contributed by atoms with Gasteiger partial charge in [0.1, 0.15) is 0 Å². The molecule has 1 atom stereocenters. The predicted octanol–water partition coefficient (Wildman–Crippen LogP) is 1.30. The van der Waals surface area contributed by atoms with Crippen molar-refractivity contribution in [3.8, 4) is 0 Å². The maximum Gasteiger partial charge on any atom is 0.330 e. The van der Waals surface area contributed by atoms with Crippen molar-refractivity contribution in [2.24, 2.45) is 14.1 Å². The van der Waals surface area contributed by atoms with Crippen LogP contribution in [0.1, 0.15) is 28.3 Å². The third kappa shape index (κ3) is 2.91. The molecule has 1 N–H and O–H groups in total. The van der Waals surface area contributed by atoms with Gasteiger partial charge in [-0.25, -0.2) is 4.79 Å². The average Bonchev–Trinajstić information content (AvgIpc) is 2.85. The van der Waals surface area contributed by atoms with E-state index in [1.807, 2.05) is 0 Å². The second-order valence-electron chi connectivity index (χ2n) is 4.96. The van der Waals surface area contributed by atoms with E-state index in [2.05, 4.69) is 31.3 Å². The van der Waals surface area contributed by atoms with Crippen LogP contribution in [0.2, 0.25) is 0 Å². The molecule has 0 aliphatic heterocycles. The number of hydrogen-bond donors (Lipinski definition) is 1. The highest BCUT2D eigenvalue weighted by Gasteiger charge is 2.10. The maximum absolute atomic E-state index is 12.0. The topological polar surface area (TPSA) is 56.0 Å². The van der Waals surface area contributed by atoms with Crippen molar-refractivity contribution in [3.63, 3.8) is 0 Å². The fourth-order valence-electron chi connectivity index (χ4n) is 2.05. The summed E-state index contributed by atoms with van der Waals surface area (Å²) >= 11 is 1.74. The minimum Gasteiger partial charge on any atom is -0.305 e. The van der Waals surface area contributed by atoms with Crippen LogP contribution in [0.4, 0.5) is 0 Å². The Kier molecular flexibility index (Phi) is 4.25. The molecule has 108 valence electrons. The van der Waals surface area contributed by atoms with Crippen molar-refractivity contribution in [1.82, 2.24) is 14.5 Å². The Bertz CT molecular complexity index is 727. The second kappa shape index (κ2) is 5.76.